The van der Waals surface area contributed by atoms with Crippen LogP contribution in [0.1, 0.15) is 18.9 Å². The minimum absolute atomic E-state index is 0.692. The molecule has 1 aliphatic heterocycles. The van der Waals surface area contributed by atoms with Crippen LogP contribution in [0.3, 0.4) is 0 Å². The SMILES string of the molecule is C=C(C)C/C=C(\C(=NC)NCc1ccc2nccnc2c1)N1CCN(C)CC1. The summed E-state index contributed by atoms with van der Waals surface area (Å²) in [7, 11) is 4.02. The first-order valence-electron chi connectivity index (χ1n) is 9.75. The zero-order valence-electron chi connectivity index (χ0n) is 17.1. The van der Waals surface area contributed by atoms with Gasteiger partial charge in [0.2, 0.25) is 0 Å². The fraction of sp³-hybridized carbons (Fsp3) is 0.409. The van der Waals surface area contributed by atoms with Crippen LogP contribution in [-0.4, -0.2) is 65.9 Å². The van der Waals surface area contributed by atoms with Gasteiger partial charge in [-0.1, -0.05) is 24.3 Å². The highest BCUT2D eigenvalue weighted by atomic mass is 15.3. The number of aliphatic imine (C=N–C) groups is 1. The van der Waals surface area contributed by atoms with Crippen molar-refractivity contribution in [2.75, 3.05) is 40.3 Å². The van der Waals surface area contributed by atoms with Gasteiger partial charge >= 0.3 is 0 Å². The van der Waals surface area contributed by atoms with E-state index in [0.717, 1.165) is 60.6 Å². The first kappa shape index (κ1) is 20.0. The molecule has 148 valence electrons. The highest BCUT2D eigenvalue weighted by molar-refractivity contribution is 5.97. The predicted octanol–water partition coefficient (Wildman–Crippen LogP) is 2.85. The molecule has 1 saturated heterocycles. The van der Waals surface area contributed by atoms with Crippen molar-refractivity contribution in [2.45, 2.75) is 19.9 Å². The number of nitrogens with zero attached hydrogens (tertiary/aromatic N) is 5. The average Bonchev–Trinajstić information content (AvgIpc) is 2.71. The largest absolute Gasteiger partial charge is 0.366 e. The summed E-state index contributed by atoms with van der Waals surface area (Å²) < 4.78 is 0. The Labute approximate surface area is 167 Å². The lowest BCUT2D eigenvalue weighted by molar-refractivity contribution is 0.191. The van der Waals surface area contributed by atoms with Crippen molar-refractivity contribution < 1.29 is 0 Å². The molecule has 0 spiro atoms. The molecule has 6 nitrogen and oxygen atoms in total. The fourth-order valence-corrected chi connectivity index (χ4v) is 3.28. The summed E-state index contributed by atoms with van der Waals surface area (Å²) in [6.07, 6.45) is 6.55. The molecular weight excluding hydrogens is 348 g/mol. The second kappa shape index (κ2) is 9.46. The zero-order valence-corrected chi connectivity index (χ0v) is 17.1. The maximum absolute atomic E-state index is 4.56. The lowest BCUT2D eigenvalue weighted by Crippen LogP contribution is -2.46. The number of amidine groups is 1. The number of allylic oxidation sites excluding steroid dienone is 2. The van der Waals surface area contributed by atoms with Crippen LogP contribution in [0.5, 0.6) is 0 Å². The first-order chi connectivity index (χ1) is 13.6. The van der Waals surface area contributed by atoms with Crippen LogP contribution in [-0.2, 0) is 6.54 Å². The topological polar surface area (TPSA) is 56.7 Å². The van der Waals surface area contributed by atoms with Crippen molar-refractivity contribution in [1.29, 1.82) is 0 Å². The highest BCUT2D eigenvalue weighted by Gasteiger charge is 2.19. The Hall–Kier alpha value is -2.73. The van der Waals surface area contributed by atoms with E-state index in [-0.39, 0.29) is 0 Å². The molecule has 0 bridgehead atoms. The normalized spacial score (nSPS) is 16.5. The minimum Gasteiger partial charge on any atom is -0.366 e. The third kappa shape index (κ3) is 5.16. The molecule has 0 aliphatic carbocycles. The van der Waals surface area contributed by atoms with Crippen LogP contribution < -0.4 is 5.32 Å². The molecule has 2 aromatic rings. The number of benzene rings is 1. The van der Waals surface area contributed by atoms with Crippen molar-refractivity contribution in [3.63, 3.8) is 0 Å². The molecular formula is C22H30N6. The Bertz CT molecular complexity index is 877. The van der Waals surface area contributed by atoms with Gasteiger partial charge in [0.25, 0.3) is 0 Å². The van der Waals surface area contributed by atoms with Gasteiger partial charge in [0, 0.05) is 52.2 Å². The van der Waals surface area contributed by atoms with Gasteiger partial charge in [-0.05, 0) is 38.1 Å². The van der Waals surface area contributed by atoms with Crippen LogP contribution in [0.25, 0.3) is 11.0 Å². The van der Waals surface area contributed by atoms with Crippen LogP contribution in [0.15, 0.2) is 59.5 Å². The van der Waals surface area contributed by atoms with Gasteiger partial charge in [-0.25, -0.2) is 0 Å². The molecule has 0 amide bonds. The van der Waals surface area contributed by atoms with Gasteiger partial charge in [-0.3, -0.25) is 15.0 Å². The van der Waals surface area contributed by atoms with Gasteiger partial charge < -0.3 is 15.1 Å². The summed E-state index contributed by atoms with van der Waals surface area (Å²) >= 11 is 0. The number of nitrogens with one attached hydrogen (secondary N) is 1. The number of likely N-dealkylation sites (N-methyl/N-ethyl adjacent to an activating group) is 1. The summed E-state index contributed by atoms with van der Waals surface area (Å²) in [5, 5.41) is 3.53. The molecule has 1 aromatic carbocycles. The van der Waals surface area contributed by atoms with Crippen molar-refractivity contribution in [2.24, 2.45) is 4.99 Å². The Kier molecular flexibility index (Phi) is 6.76. The van der Waals surface area contributed by atoms with Gasteiger partial charge in [-0.15, -0.1) is 0 Å². The number of hydrogen-bond donors (Lipinski definition) is 1. The maximum Gasteiger partial charge on any atom is 0.144 e. The van der Waals surface area contributed by atoms with E-state index in [9.17, 15) is 0 Å². The Morgan fingerprint density at radius 1 is 1.18 bits per heavy atom. The summed E-state index contributed by atoms with van der Waals surface area (Å²) in [6.45, 7) is 10.9. The number of aromatic nitrogens is 2. The van der Waals surface area contributed by atoms with E-state index in [1.807, 2.05) is 13.1 Å². The van der Waals surface area contributed by atoms with Gasteiger partial charge in [0.1, 0.15) is 5.84 Å². The summed E-state index contributed by atoms with van der Waals surface area (Å²) in [4.78, 5) is 18.1. The number of hydrogen-bond acceptors (Lipinski definition) is 5. The van der Waals surface area contributed by atoms with Crippen molar-refractivity contribution in [3.05, 3.63) is 60.1 Å². The molecule has 3 rings (SSSR count). The van der Waals surface area contributed by atoms with Gasteiger partial charge in [0.05, 0.1) is 16.7 Å². The molecule has 1 aromatic heterocycles. The van der Waals surface area contributed by atoms with Crippen molar-refractivity contribution >= 4 is 16.9 Å². The van der Waals surface area contributed by atoms with Crippen molar-refractivity contribution in [3.8, 4) is 0 Å². The van der Waals surface area contributed by atoms with E-state index >= 15 is 0 Å². The van der Waals surface area contributed by atoms with E-state index in [2.05, 4.69) is 68.8 Å². The fourth-order valence-electron chi connectivity index (χ4n) is 3.28. The van der Waals surface area contributed by atoms with E-state index in [4.69, 9.17) is 0 Å². The Morgan fingerprint density at radius 2 is 1.89 bits per heavy atom. The standard InChI is InChI=1S/C22H30N6/c1-17(2)5-8-21(28-13-11-27(4)12-14-28)22(23-3)26-16-18-6-7-19-20(15-18)25-10-9-24-19/h6-10,15H,1,5,11-14,16H2,2-4H3,(H,23,26)/b21-8+. The molecule has 2 heterocycles. The van der Waals surface area contributed by atoms with E-state index in [0.29, 0.717) is 6.54 Å². The zero-order chi connectivity index (χ0) is 19.9. The molecule has 0 unspecified atom stereocenters. The smallest absolute Gasteiger partial charge is 0.144 e. The number of rotatable bonds is 6. The summed E-state index contributed by atoms with van der Waals surface area (Å²) in [5.41, 5.74) is 5.30. The van der Waals surface area contributed by atoms with Crippen LogP contribution in [0.4, 0.5) is 0 Å². The molecule has 0 atom stereocenters. The lowest BCUT2D eigenvalue weighted by atomic mass is 10.1. The highest BCUT2D eigenvalue weighted by Crippen LogP contribution is 2.15. The maximum atomic E-state index is 4.56. The van der Waals surface area contributed by atoms with Crippen molar-refractivity contribution in [1.82, 2.24) is 25.1 Å². The van der Waals surface area contributed by atoms with Crippen LogP contribution >= 0.6 is 0 Å². The van der Waals surface area contributed by atoms with Gasteiger partial charge in [-0.2, -0.15) is 0 Å². The van der Waals surface area contributed by atoms with E-state index in [1.54, 1.807) is 12.4 Å². The number of piperazine rings is 1. The summed E-state index contributed by atoms with van der Waals surface area (Å²) in [6, 6.07) is 6.18. The third-order valence-electron chi connectivity index (χ3n) is 4.95. The second-order valence-corrected chi connectivity index (χ2v) is 7.35. The second-order valence-electron chi connectivity index (χ2n) is 7.35. The number of fused-ring (bicyclic) bond motifs is 1. The Balaban J connectivity index is 1.75. The molecule has 0 saturated carbocycles. The minimum atomic E-state index is 0.692. The third-order valence-corrected chi connectivity index (χ3v) is 4.95. The average molecular weight is 379 g/mol. The van der Waals surface area contributed by atoms with Gasteiger partial charge in [0.15, 0.2) is 0 Å². The Morgan fingerprint density at radius 3 is 2.57 bits per heavy atom. The van der Waals surface area contributed by atoms with Crippen LogP contribution in [0.2, 0.25) is 0 Å². The van der Waals surface area contributed by atoms with E-state index < -0.39 is 0 Å². The molecule has 0 radical (unpaired) electrons. The molecule has 1 fully saturated rings. The molecule has 28 heavy (non-hydrogen) atoms. The first-order valence-corrected chi connectivity index (χ1v) is 9.75. The molecule has 1 N–H and O–H groups in total. The predicted molar refractivity (Wildman–Crippen MR) is 116 cm³/mol. The quantitative estimate of drug-likeness (QED) is 0.476. The lowest BCUT2D eigenvalue weighted by Gasteiger charge is -2.36. The molecule has 1 aliphatic rings. The monoisotopic (exact) mass is 378 g/mol. The van der Waals surface area contributed by atoms with Crippen LogP contribution in [0, 0.1) is 0 Å². The molecule has 6 heteroatoms. The summed E-state index contributed by atoms with van der Waals surface area (Å²) in [5.74, 6) is 0.921. The van der Waals surface area contributed by atoms with E-state index in [1.165, 1.54) is 5.70 Å².